The highest BCUT2D eigenvalue weighted by Crippen LogP contribution is 2.08. The highest BCUT2D eigenvalue weighted by molar-refractivity contribution is 5.97. The zero-order valence-electron chi connectivity index (χ0n) is 12.5. The van der Waals surface area contributed by atoms with Gasteiger partial charge in [-0.3, -0.25) is 4.90 Å². The monoisotopic (exact) mass is 292 g/mol. The van der Waals surface area contributed by atoms with E-state index in [2.05, 4.69) is 28.1 Å². The third kappa shape index (κ3) is 5.00. The van der Waals surface area contributed by atoms with E-state index in [-0.39, 0.29) is 5.84 Å². The van der Waals surface area contributed by atoms with E-state index in [1.807, 2.05) is 18.2 Å². The van der Waals surface area contributed by atoms with Crippen LogP contribution in [0.25, 0.3) is 0 Å². The third-order valence-electron chi connectivity index (χ3n) is 3.68. The van der Waals surface area contributed by atoms with Crippen LogP contribution < -0.4 is 5.73 Å². The molecule has 0 atom stereocenters. The smallest absolute Gasteiger partial charge is 0.170 e. The van der Waals surface area contributed by atoms with Crippen molar-refractivity contribution in [1.82, 2.24) is 9.80 Å². The van der Waals surface area contributed by atoms with Gasteiger partial charge in [-0.05, 0) is 18.7 Å². The van der Waals surface area contributed by atoms with Crippen molar-refractivity contribution in [3.63, 3.8) is 0 Å². The van der Waals surface area contributed by atoms with Gasteiger partial charge >= 0.3 is 0 Å². The number of nitrogens with zero attached hydrogens (tertiary/aromatic N) is 3. The fourth-order valence-corrected chi connectivity index (χ4v) is 2.41. The van der Waals surface area contributed by atoms with Gasteiger partial charge in [-0.25, -0.2) is 0 Å². The van der Waals surface area contributed by atoms with E-state index in [1.54, 1.807) is 0 Å². The lowest BCUT2D eigenvalue weighted by atomic mass is 10.1. The topological polar surface area (TPSA) is 74.3 Å². The van der Waals surface area contributed by atoms with Crippen LogP contribution in [-0.4, -0.2) is 67.3 Å². The van der Waals surface area contributed by atoms with E-state index in [9.17, 15) is 0 Å². The summed E-state index contributed by atoms with van der Waals surface area (Å²) in [5, 5.41) is 11.8. The minimum absolute atomic E-state index is 0.146. The van der Waals surface area contributed by atoms with E-state index < -0.39 is 0 Å². The van der Waals surface area contributed by atoms with Gasteiger partial charge in [0, 0.05) is 38.3 Å². The Balaban J connectivity index is 1.83. The molecule has 3 N–H and O–H groups in total. The van der Waals surface area contributed by atoms with Crippen molar-refractivity contribution in [3.8, 4) is 0 Å². The summed E-state index contributed by atoms with van der Waals surface area (Å²) < 4.78 is 5.35. The summed E-state index contributed by atoms with van der Waals surface area (Å²) >= 11 is 0. The summed E-state index contributed by atoms with van der Waals surface area (Å²) in [4.78, 5) is 4.70. The van der Waals surface area contributed by atoms with Crippen LogP contribution in [-0.2, 0) is 11.3 Å². The zero-order valence-corrected chi connectivity index (χ0v) is 12.5. The highest BCUT2D eigenvalue weighted by atomic mass is 16.5. The first-order chi connectivity index (χ1) is 10.2. The summed E-state index contributed by atoms with van der Waals surface area (Å²) in [6, 6.07) is 7.78. The van der Waals surface area contributed by atoms with E-state index >= 15 is 0 Å². The third-order valence-corrected chi connectivity index (χ3v) is 3.68. The summed E-state index contributed by atoms with van der Waals surface area (Å²) in [5.74, 6) is 0.146. The molecular formula is C15H24N4O2. The van der Waals surface area contributed by atoms with E-state index in [0.717, 1.165) is 57.1 Å². The molecule has 21 heavy (non-hydrogen) atoms. The molecule has 1 aromatic carbocycles. The molecule has 1 fully saturated rings. The maximum Gasteiger partial charge on any atom is 0.170 e. The summed E-state index contributed by atoms with van der Waals surface area (Å²) in [7, 11) is 2.11. The molecule has 0 amide bonds. The molecule has 0 aromatic heterocycles. The molecule has 0 bridgehead atoms. The van der Waals surface area contributed by atoms with E-state index in [0.29, 0.717) is 0 Å². The van der Waals surface area contributed by atoms with Crippen LogP contribution in [0.3, 0.4) is 0 Å². The minimum Gasteiger partial charge on any atom is -0.409 e. The largest absolute Gasteiger partial charge is 0.409 e. The van der Waals surface area contributed by atoms with Gasteiger partial charge in [0.05, 0.1) is 13.2 Å². The number of likely N-dealkylation sites (N-methyl/N-ethyl adjacent to an activating group) is 1. The zero-order chi connectivity index (χ0) is 15.1. The van der Waals surface area contributed by atoms with Gasteiger partial charge in [-0.15, -0.1) is 0 Å². The number of nitrogens with two attached hydrogens (primary N) is 1. The fourth-order valence-electron chi connectivity index (χ4n) is 2.41. The van der Waals surface area contributed by atoms with Gasteiger partial charge in [-0.2, -0.15) is 0 Å². The molecule has 2 rings (SSSR count). The second-order valence-electron chi connectivity index (χ2n) is 5.38. The van der Waals surface area contributed by atoms with Crippen molar-refractivity contribution in [1.29, 1.82) is 0 Å². The number of rotatable bonds is 6. The Hall–Kier alpha value is -1.63. The number of amidine groups is 1. The number of hydrogen-bond acceptors (Lipinski definition) is 5. The molecule has 0 radical (unpaired) electrons. The van der Waals surface area contributed by atoms with Gasteiger partial charge < -0.3 is 20.6 Å². The number of ether oxygens (including phenoxy) is 1. The van der Waals surface area contributed by atoms with E-state index in [4.69, 9.17) is 15.7 Å². The van der Waals surface area contributed by atoms with Crippen LogP contribution in [0.5, 0.6) is 0 Å². The van der Waals surface area contributed by atoms with Crippen LogP contribution >= 0.6 is 0 Å². The molecule has 0 saturated carbocycles. The van der Waals surface area contributed by atoms with Crippen molar-refractivity contribution in [3.05, 3.63) is 35.4 Å². The second-order valence-corrected chi connectivity index (χ2v) is 5.38. The van der Waals surface area contributed by atoms with Crippen LogP contribution in [0, 0.1) is 0 Å². The molecule has 1 aromatic rings. The minimum atomic E-state index is 0.146. The number of morpholine rings is 1. The van der Waals surface area contributed by atoms with Gasteiger partial charge in [0.25, 0.3) is 0 Å². The lowest BCUT2D eigenvalue weighted by molar-refractivity contribution is 0.0342. The first-order valence-corrected chi connectivity index (χ1v) is 7.24. The Kier molecular flexibility index (Phi) is 5.98. The average molecular weight is 292 g/mol. The average Bonchev–Trinajstić information content (AvgIpc) is 2.53. The van der Waals surface area contributed by atoms with Crippen molar-refractivity contribution >= 4 is 5.84 Å². The standard InChI is InChI=1S/C15H24N4O2/c1-18(5-6-19-7-9-21-10-8-19)12-13-3-2-4-14(11-13)15(16)17-20/h2-4,11,20H,5-10,12H2,1H3,(H2,16,17). The highest BCUT2D eigenvalue weighted by Gasteiger charge is 2.11. The van der Waals surface area contributed by atoms with Crippen LogP contribution in [0.1, 0.15) is 11.1 Å². The first kappa shape index (κ1) is 15.8. The fraction of sp³-hybridized carbons (Fsp3) is 0.533. The van der Waals surface area contributed by atoms with Crippen molar-refractivity contribution in [2.24, 2.45) is 10.9 Å². The molecule has 1 aliphatic heterocycles. The van der Waals surface area contributed by atoms with Crippen LogP contribution in [0.15, 0.2) is 29.4 Å². The predicted octanol–water partition coefficient (Wildman–Crippen LogP) is 0.545. The molecule has 6 heteroatoms. The lowest BCUT2D eigenvalue weighted by Gasteiger charge is -2.28. The molecule has 1 heterocycles. The molecule has 116 valence electrons. The van der Waals surface area contributed by atoms with Gasteiger partial charge in [-0.1, -0.05) is 23.4 Å². The van der Waals surface area contributed by atoms with E-state index in [1.165, 1.54) is 0 Å². The Morgan fingerprint density at radius 3 is 2.90 bits per heavy atom. The molecule has 6 nitrogen and oxygen atoms in total. The molecule has 0 unspecified atom stereocenters. The van der Waals surface area contributed by atoms with Gasteiger partial charge in [0.15, 0.2) is 5.84 Å². The Morgan fingerprint density at radius 1 is 1.43 bits per heavy atom. The normalized spacial score (nSPS) is 17.3. The SMILES string of the molecule is CN(CCN1CCOCC1)Cc1cccc(C(N)=NO)c1. The van der Waals surface area contributed by atoms with Crippen molar-refractivity contribution < 1.29 is 9.94 Å². The second kappa shape index (κ2) is 7.97. The summed E-state index contributed by atoms with van der Waals surface area (Å²) in [5.41, 5.74) is 7.52. The maximum atomic E-state index is 8.73. The van der Waals surface area contributed by atoms with Crippen molar-refractivity contribution in [2.75, 3.05) is 46.4 Å². The number of hydrogen-bond donors (Lipinski definition) is 2. The number of benzene rings is 1. The molecule has 1 aliphatic rings. The lowest BCUT2D eigenvalue weighted by Crippen LogP contribution is -2.40. The van der Waals surface area contributed by atoms with Crippen molar-refractivity contribution in [2.45, 2.75) is 6.54 Å². The van der Waals surface area contributed by atoms with Crippen LogP contribution in [0.4, 0.5) is 0 Å². The summed E-state index contributed by atoms with van der Waals surface area (Å²) in [6.07, 6.45) is 0. The molecule has 1 saturated heterocycles. The maximum absolute atomic E-state index is 8.73. The van der Waals surface area contributed by atoms with Crippen LogP contribution in [0.2, 0.25) is 0 Å². The quantitative estimate of drug-likeness (QED) is 0.346. The van der Waals surface area contributed by atoms with Gasteiger partial charge in [0.1, 0.15) is 0 Å². The molecular weight excluding hydrogens is 268 g/mol. The Labute approximate surface area is 125 Å². The Bertz CT molecular complexity index is 472. The Morgan fingerprint density at radius 2 is 2.19 bits per heavy atom. The number of oxime groups is 1. The van der Waals surface area contributed by atoms with Gasteiger partial charge in [0.2, 0.25) is 0 Å². The molecule has 0 spiro atoms. The summed E-state index contributed by atoms with van der Waals surface area (Å²) in [6.45, 7) is 6.63. The molecule has 0 aliphatic carbocycles. The first-order valence-electron chi connectivity index (χ1n) is 7.24. The predicted molar refractivity (Wildman–Crippen MR) is 82.5 cm³/mol.